The smallest absolute Gasteiger partial charge is 0.142 e. The lowest BCUT2D eigenvalue weighted by molar-refractivity contribution is -0.113. The van der Waals surface area contributed by atoms with Crippen molar-refractivity contribution in [2.45, 2.75) is 6.04 Å². The zero-order valence-corrected chi connectivity index (χ0v) is 5.61. The van der Waals surface area contributed by atoms with Crippen LogP contribution in [0.15, 0.2) is 12.3 Å². The first-order valence-corrected chi connectivity index (χ1v) is 2.85. The maximum absolute atomic E-state index is 10.2. The normalized spacial score (nSPS) is 27.3. The number of carbonyl (C=O) groups excluding carboxylic acids is 1. The van der Waals surface area contributed by atoms with Gasteiger partial charge in [-0.05, 0) is 6.08 Å². The van der Waals surface area contributed by atoms with Gasteiger partial charge in [0.2, 0.25) is 0 Å². The van der Waals surface area contributed by atoms with E-state index in [1.54, 1.807) is 0 Å². The second-order valence-corrected chi connectivity index (χ2v) is 2.12. The Labute approximate surface area is 54.5 Å². The van der Waals surface area contributed by atoms with Crippen molar-refractivity contribution in [2.24, 2.45) is 0 Å². The minimum atomic E-state index is -0.0602. The number of nitrogens with zero attached hydrogens (tertiary/aromatic N) is 2. The lowest BCUT2D eigenvalue weighted by Crippen LogP contribution is -2.35. The van der Waals surface area contributed by atoms with Crippen molar-refractivity contribution in [1.82, 2.24) is 10.0 Å². The van der Waals surface area contributed by atoms with Crippen LogP contribution in [0.4, 0.5) is 0 Å². The minimum absolute atomic E-state index is 0.0602. The fourth-order valence-corrected chi connectivity index (χ4v) is 0.786. The Morgan fingerprint density at radius 3 is 2.44 bits per heavy atom. The van der Waals surface area contributed by atoms with Crippen molar-refractivity contribution >= 4 is 6.29 Å². The molecule has 9 heavy (non-hydrogen) atoms. The average Bonchev–Trinajstić information content (AvgIpc) is 2.15. The third kappa shape index (κ3) is 0.954. The summed E-state index contributed by atoms with van der Waals surface area (Å²) in [6.45, 7) is 0. The van der Waals surface area contributed by atoms with E-state index in [0.29, 0.717) is 0 Å². The first-order chi connectivity index (χ1) is 4.25. The van der Waals surface area contributed by atoms with Crippen molar-refractivity contribution < 1.29 is 4.79 Å². The van der Waals surface area contributed by atoms with E-state index in [9.17, 15) is 4.79 Å². The highest BCUT2D eigenvalue weighted by Gasteiger charge is 2.17. The first-order valence-electron chi connectivity index (χ1n) is 2.85. The highest BCUT2D eigenvalue weighted by molar-refractivity contribution is 5.61. The molecule has 0 aromatic carbocycles. The van der Waals surface area contributed by atoms with Crippen molar-refractivity contribution in [3.8, 4) is 0 Å². The topological polar surface area (TPSA) is 23.6 Å². The van der Waals surface area contributed by atoms with Crippen molar-refractivity contribution in [1.29, 1.82) is 0 Å². The number of hydrogen-bond donors (Lipinski definition) is 0. The number of likely N-dealkylation sites (N-methyl/N-ethyl adjacent to an activating group) is 1. The van der Waals surface area contributed by atoms with Gasteiger partial charge in [-0.25, -0.2) is 5.01 Å². The van der Waals surface area contributed by atoms with E-state index in [1.165, 1.54) is 0 Å². The van der Waals surface area contributed by atoms with Crippen LogP contribution in [0.5, 0.6) is 0 Å². The van der Waals surface area contributed by atoms with E-state index in [1.807, 2.05) is 36.4 Å². The largest absolute Gasteiger partial charge is 0.316 e. The van der Waals surface area contributed by atoms with E-state index in [4.69, 9.17) is 0 Å². The van der Waals surface area contributed by atoms with Crippen LogP contribution in [0.1, 0.15) is 0 Å². The Hall–Kier alpha value is -0.830. The second-order valence-electron chi connectivity index (χ2n) is 2.12. The highest BCUT2D eigenvalue weighted by Crippen LogP contribution is 2.07. The summed E-state index contributed by atoms with van der Waals surface area (Å²) >= 11 is 0. The van der Waals surface area contributed by atoms with E-state index in [2.05, 4.69) is 0 Å². The Balaban J connectivity index is 2.61. The van der Waals surface area contributed by atoms with E-state index in [-0.39, 0.29) is 6.04 Å². The van der Waals surface area contributed by atoms with Crippen LogP contribution in [0.3, 0.4) is 0 Å². The molecule has 1 rings (SSSR count). The van der Waals surface area contributed by atoms with Crippen LogP contribution >= 0.6 is 0 Å². The summed E-state index contributed by atoms with van der Waals surface area (Å²) < 4.78 is 0. The first kappa shape index (κ1) is 6.29. The van der Waals surface area contributed by atoms with Gasteiger partial charge in [-0.2, -0.15) is 0 Å². The number of hydrogen-bond acceptors (Lipinski definition) is 3. The van der Waals surface area contributed by atoms with Gasteiger partial charge in [-0.3, -0.25) is 0 Å². The molecule has 0 aliphatic carbocycles. The SMILES string of the molecule is CN1C=CC(C=O)N1C. The molecule has 0 saturated heterocycles. The second kappa shape index (κ2) is 2.19. The van der Waals surface area contributed by atoms with E-state index < -0.39 is 0 Å². The molecule has 1 unspecified atom stereocenters. The molecule has 0 N–H and O–H groups in total. The van der Waals surface area contributed by atoms with Gasteiger partial charge >= 0.3 is 0 Å². The van der Waals surface area contributed by atoms with Crippen LogP contribution in [0, 0.1) is 0 Å². The van der Waals surface area contributed by atoms with Gasteiger partial charge in [-0.1, -0.05) is 0 Å². The molecule has 0 saturated carbocycles. The summed E-state index contributed by atoms with van der Waals surface area (Å²) in [6, 6.07) is -0.0602. The fourth-order valence-electron chi connectivity index (χ4n) is 0.786. The molecule has 50 valence electrons. The molecular formula is C6H10N2O. The number of carbonyl (C=O) groups is 1. The lowest BCUT2D eigenvalue weighted by atomic mass is 10.3. The number of rotatable bonds is 1. The molecule has 0 aromatic heterocycles. The average molecular weight is 126 g/mol. The summed E-state index contributed by atoms with van der Waals surface area (Å²) in [5, 5.41) is 3.73. The molecule has 3 nitrogen and oxygen atoms in total. The molecular weight excluding hydrogens is 116 g/mol. The molecule has 1 heterocycles. The molecule has 0 radical (unpaired) electrons. The van der Waals surface area contributed by atoms with Crippen molar-refractivity contribution in [3.05, 3.63) is 12.3 Å². The van der Waals surface area contributed by atoms with Gasteiger partial charge in [0.1, 0.15) is 12.3 Å². The maximum Gasteiger partial charge on any atom is 0.142 e. The minimum Gasteiger partial charge on any atom is -0.316 e. The highest BCUT2D eigenvalue weighted by atomic mass is 16.1. The summed E-state index contributed by atoms with van der Waals surface area (Å²) in [6.07, 6.45) is 4.64. The number of aldehydes is 1. The molecule has 0 spiro atoms. The molecule has 0 fully saturated rings. The summed E-state index contributed by atoms with van der Waals surface area (Å²) in [5.41, 5.74) is 0. The summed E-state index contributed by atoms with van der Waals surface area (Å²) in [5.74, 6) is 0. The summed E-state index contributed by atoms with van der Waals surface area (Å²) in [4.78, 5) is 10.2. The quantitative estimate of drug-likeness (QED) is 0.457. The van der Waals surface area contributed by atoms with Gasteiger partial charge < -0.3 is 9.80 Å². The van der Waals surface area contributed by atoms with Gasteiger partial charge in [0.15, 0.2) is 0 Å². The van der Waals surface area contributed by atoms with Crippen LogP contribution in [0.25, 0.3) is 0 Å². The zero-order chi connectivity index (χ0) is 6.85. The Bertz CT molecular complexity index is 144. The Morgan fingerprint density at radius 2 is 2.22 bits per heavy atom. The molecule has 3 heteroatoms. The van der Waals surface area contributed by atoms with Crippen LogP contribution < -0.4 is 0 Å². The molecule has 0 aromatic rings. The van der Waals surface area contributed by atoms with Gasteiger partial charge in [0, 0.05) is 20.3 Å². The third-order valence-corrected chi connectivity index (χ3v) is 1.57. The van der Waals surface area contributed by atoms with Crippen LogP contribution in [0.2, 0.25) is 0 Å². The van der Waals surface area contributed by atoms with Gasteiger partial charge in [-0.15, -0.1) is 0 Å². The molecule has 1 atom stereocenters. The maximum atomic E-state index is 10.2. The van der Waals surface area contributed by atoms with Gasteiger partial charge in [0.05, 0.1) is 0 Å². The lowest BCUT2D eigenvalue weighted by Gasteiger charge is -2.22. The Morgan fingerprint density at radius 1 is 1.56 bits per heavy atom. The van der Waals surface area contributed by atoms with Crippen LogP contribution in [-0.4, -0.2) is 36.4 Å². The summed E-state index contributed by atoms with van der Waals surface area (Å²) in [7, 11) is 3.78. The molecule has 0 bridgehead atoms. The predicted molar refractivity (Wildman–Crippen MR) is 34.5 cm³/mol. The van der Waals surface area contributed by atoms with E-state index in [0.717, 1.165) is 6.29 Å². The monoisotopic (exact) mass is 126 g/mol. The molecule has 1 aliphatic rings. The number of hydrazine groups is 1. The third-order valence-electron chi connectivity index (χ3n) is 1.57. The zero-order valence-electron chi connectivity index (χ0n) is 5.61. The molecule has 1 aliphatic heterocycles. The van der Waals surface area contributed by atoms with Crippen molar-refractivity contribution in [3.63, 3.8) is 0 Å². The Kier molecular flexibility index (Phi) is 1.53. The van der Waals surface area contributed by atoms with Crippen LogP contribution in [-0.2, 0) is 4.79 Å². The van der Waals surface area contributed by atoms with E-state index >= 15 is 0 Å². The van der Waals surface area contributed by atoms with Crippen molar-refractivity contribution in [2.75, 3.05) is 14.1 Å². The predicted octanol–water partition coefficient (Wildman–Crippen LogP) is -0.140. The standard InChI is InChI=1S/C6H10N2O/c1-7-4-3-6(5-9)8(7)2/h3-6H,1-2H3. The molecule has 0 amide bonds. The van der Waals surface area contributed by atoms with Gasteiger partial charge in [0.25, 0.3) is 0 Å². The fraction of sp³-hybridized carbons (Fsp3) is 0.500.